The Morgan fingerprint density at radius 3 is 2.53 bits per heavy atom. The molecule has 9 nitrogen and oxygen atoms in total. The number of piperazine rings is 1. The summed E-state index contributed by atoms with van der Waals surface area (Å²) in [6.07, 6.45) is 1.63. The first-order valence-corrected chi connectivity index (χ1v) is 9.70. The number of fused-ring (bicyclic) bond motifs is 1. The van der Waals surface area contributed by atoms with Crippen LogP contribution in [0, 0.1) is 11.3 Å². The van der Waals surface area contributed by atoms with Gasteiger partial charge in [0, 0.05) is 32.4 Å². The normalized spacial score (nSPS) is 15.7. The highest BCUT2D eigenvalue weighted by molar-refractivity contribution is 5.76. The zero-order valence-corrected chi connectivity index (χ0v) is 16.6. The van der Waals surface area contributed by atoms with Gasteiger partial charge in [0.15, 0.2) is 5.65 Å². The molecule has 9 heteroatoms. The van der Waals surface area contributed by atoms with Crippen LogP contribution >= 0.6 is 0 Å². The molecule has 0 spiro atoms. The van der Waals surface area contributed by atoms with Crippen LogP contribution in [0.15, 0.2) is 53.5 Å². The fourth-order valence-corrected chi connectivity index (χ4v) is 3.68. The van der Waals surface area contributed by atoms with Crippen molar-refractivity contribution in [3.63, 3.8) is 0 Å². The maximum absolute atomic E-state index is 12.7. The summed E-state index contributed by atoms with van der Waals surface area (Å²) in [5.74, 6) is 0.589. The van der Waals surface area contributed by atoms with E-state index >= 15 is 0 Å². The molecule has 0 aliphatic carbocycles. The van der Waals surface area contributed by atoms with E-state index in [0.29, 0.717) is 31.8 Å². The Balaban J connectivity index is 1.39. The van der Waals surface area contributed by atoms with Crippen molar-refractivity contribution in [1.29, 1.82) is 5.26 Å². The molecule has 2 aromatic heterocycles. The average Bonchev–Trinajstić information content (AvgIpc) is 3.10. The van der Waals surface area contributed by atoms with Crippen LogP contribution in [-0.4, -0.2) is 63.2 Å². The summed E-state index contributed by atoms with van der Waals surface area (Å²) < 4.78 is 7.78. The molecular weight excluding hydrogens is 384 g/mol. The predicted octanol–water partition coefficient (Wildman–Crippen LogP) is 0.914. The van der Waals surface area contributed by atoms with Crippen LogP contribution in [0.1, 0.15) is 11.6 Å². The highest BCUT2D eigenvalue weighted by atomic mass is 16.5. The molecule has 1 amide bonds. The predicted molar refractivity (Wildman–Crippen MR) is 109 cm³/mol. The molecule has 4 rings (SSSR count). The van der Waals surface area contributed by atoms with Gasteiger partial charge >= 0.3 is 5.69 Å². The number of benzene rings is 1. The monoisotopic (exact) mass is 406 g/mol. The van der Waals surface area contributed by atoms with Crippen molar-refractivity contribution < 1.29 is 9.53 Å². The number of carbonyl (C=O) groups is 1. The summed E-state index contributed by atoms with van der Waals surface area (Å²) in [7, 11) is 1.60. The molecule has 1 aromatic carbocycles. The van der Waals surface area contributed by atoms with Crippen LogP contribution in [0.2, 0.25) is 0 Å². The van der Waals surface area contributed by atoms with Crippen LogP contribution in [-0.2, 0) is 11.3 Å². The third-order valence-electron chi connectivity index (χ3n) is 5.36. The second-order valence-corrected chi connectivity index (χ2v) is 7.09. The molecule has 0 radical (unpaired) electrons. The van der Waals surface area contributed by atoms with Gasteiger partial charge in [-0.15, -0.1) is 5.10 Å². The summed E-state index contributed by atoms with van der Waals surface area (Å²) in [6.45, 7) is 2.05. The van der Waals surface area contributed by atoms with Crippen molar-refractivity contribution in [2.75, 3.05) is 33.3 Å². The molecule has 3 heterocycles. The molecule has 0 bridgehead atoms. The first-order chi connectivity index (χ1) is 14.6. The van der Waals surface area contributed by atoms with Crippen molar-refractivity contribution >= 4 is 11.6 Å². The van der Waals surface area contributed by atoms with E-state index in [2.05, 4.69) is 16.1 Å². The SMILES string of the molecule is COc1ccc(C(C#N)N2CCN(C(=O)Cn3nc4ccccn4c3=O)CC2)cc1. The third-order valence-corrected chi connectivity index (χ3v) is 5.36. The van der Waals surface area contributed by atoms with Crippen LogP contribution in [0.3, 0.4) is 0 Å². The van der Waals surface area contributed by atoms with E-state index in [1.54, 1.807) is 36.4 Å². The topological polar surface area (TPSA) is 95.9 Å². The molecule has 1 fully saturated rings. The van der Waals surface area contributed by atoms with Gasteiger partial charge in [0.2, 0.25) is 5.91 Å². The number of hydrogen-bond acceptors (Lipinski definition) is 6. The molecule has 1 aliphatic rings. The van der Waals surface area contributed by atoms with Crippen molar-refractivity contribution in [1.82, 2.24) is 24.0 Å². The lowest BCUT2D eigenvalue weighted by molar-refractivity contribution is -0.134. The van der Waals surface area contributed by atoms with Gasteiger partial charge in [-0.1, -0.05) is 18.2 Å². The second kappa shape index (κ2) is 8.39. The Morgan fingerprint density at radius 2 is 1.90 bits per heavy atom. The first-order valence-electron chi connectivity index (χ1n) is 9.70. The highest BCUT2D eigenvalue weighted by Crippen LogP contribution is 2.23. The van der Waals surface area contributed by atoms with E-state index in [1.165, 1.54) is 9.08 Å². The molecule has 0 N–H and O–H groups in total. The molecule has 1 aliphatic heterocycles. The summed E-state index contributed by atoms with van der Waals surface area (Å²) in [5, 5.41) is 13.9. The van der Waals surface area contributed by atoms with E-state index in [4.69, 9.17) is 4.74 Å². The van der Waals surface area contributed by atoms with E-state index < -0.39 is 0 Å². The van der Waals surface area contributed by atoms with Crippen molar-refractivity contribution in [2.24, 2.45) is 0 Å². The Hall–Kier alpha value is -3.64. The Morgan fingerprint density at radius 1 is 1.17 bits per heavy atom. The lowest BCUT2D eigenvalue weighted by Gasteiger charge is -2.37. The van der Waals surface area contributed by atoms with Crippen molar-refractivity contribution in [3.05, 3.63) is 64.7 Å². The fourth-order valence-electron chi connectivity index (χ4n) is 3.68. The number of nitrogens with zero attached hydrogens (tertiary/aromatic N) is 6. The fraction of sp³-hybridized carbons (Fsp3) is 0.333. The first kappa shape index (κ1) is 19.7. The number of aromatic nitrogens is 3. The van der Waals surface area contributed by atoms with Gasteiger partial charge in [-0.3, -0.25) is 14.1 Å². The molecular formula is C21H22N6O3. The van der Waals surface area contributed by atoms with Gasteiger partial charge in [-0.05, 0) is 29.8 Å². The van der Waals surface area contributed by atoms with Crippen LogP contribution < -0.4 is 10.4 Å². The van der Waals surface area contributed by atoms with Crippen LogP contribution in [0.5, 0.6) is 5.75 Å². The Kier molecular flexibility index (Phi) is 5.50. The molecule has 30 heavy (non-hydrogen) atoms. The minimum Gasteiger partial charge on any atom is -0.497 e. The van der Waals surface area contributed by atoms with Gasteiger partial charge in [0.25, 0.3) is 0 Å². The quantitative estimate of drug-likeness (QED) is 0.625. The number of carbonyl (C=O) groups excluding carboxylic acids is 1. The summed E-state index contributed by atoms with van der Waals surface area (Å²) in [4.78, 5) is 28.8. The summed E-state index contributed by atoms with van der Waals surface area (Å²) >= 11 is 0. The number of amides is 1. The van der Waals surface area contributed by atoms with Crippen LogP contribution in [0.4, 0.5) is 0 Å². The van der Waals surface area contributed by atoms with E-state index in [0.717, 1.165) is 11.3 Å². The second-order valence-electron chi connectivity index (χ2n) is 7.09. The molecule has 1 saturated heterocycles. The molecule has 154 valence electrons. The van der Waals surface area contributed by atoms with Gasteiger partial charge in [0.05, 0.1) is 13.2 Å². The largest absolute Gasteiger partial charge is 0.497 e. The lowest BCUT2D eigenvalue weighted by Crippen LogP contribution is -2.50. The number of rotatable bonds is 5. The number of nitriles is 1. The van der Waals surface area contributed by atoms with E-state index in [-0.39, 0.29) is 24.2 Å². The average molecular weight is 406 g/mol. The minimum absolute atomic E-state index is 0.0966. The van der Waals surface area contributed by atoms with Crippen molar-refractivity contribution in [3.8, 4) is 11.8 Å². The van der Waals surface area contributed by atoms with Gasteiger partial charge < -0.3 is 9.64 Å². The van der Waals surface area contributed by atoms with Crippen molar-refractivity contribution in [2.45, 2.75) is 12.6 Å². The summed E-state index contributed by atoms with van der Waals surface area (Å²) in [6, 6.07) is 14.7. The highest BCUT2D eigenvalue weighted by Gasteiger charge is 2.27. The standard InChI is InChI=1S/C21H22N6O3/c1-30-17-7-5-16(6-8-17)18(14-22)24-10-12-25(13-11-24)20(28)15-27-21(29)26-9-3-2-4-19(26)23-27/h2-9,18H,10-13,15H2,1H3. The van der Waals surface area contributed by atoms with Crippen LogP contribution in [0.25, 0.3) is 5.65 Å². The minimum atomic E-state index is -0.380. The molecule has 1 unspecified atom stereocenters. The van der Waals surface area contributed by atoms with E-state index in [1.807, 2.05) is 24.3 Å². The number of ether oxygens (including phenoxy) is 1. The molecule has 0 saturated carbocycles. The van der Waals surface area contributed by atoms with Gasteiger partial charge in [-0.2, -0.15) is 5.26 Å². The smallest absolute Gasteiger partial charge is 0.350 e. The lowest BCUT2D eigenvalue weighted by atomic mass is 10.1. The van der Waals surface area contributed by atoms with E-state index in [9.17, 15) is 14.9 Å². The zero-order valence-electron chi connectivity index (χ0n) is 16.6. The number of pyridine rings is 1. The van der Waals surface area contributed by atoms with Gasteiger partial charge in [-0.25, -0.2) is 9.48 Å². The maximum Gasteiger partial charge on any atom is 0.350 e. The van der Waals surface area contributed by atoms with Gasteiger partial charge in [0.1, 0.15) is 18.3 Å². The number of methoxy groups -OCH3 is 1. The third kappa shape index (κ3) is 3.77. The Bertz CT molecular complexity index is 1140. The number of hydrogen-bond donors (Lipinski definition) is 0. The molecule has 3 aromatic rings. The zero-order chi connectivity index (χ0) is 21.1. The Labute approximate surface area is 173 Å². The maximum atomic E-state index is 12.7. The molecule has 1 atom stereocenters. The summed E-state index contributed by atoms with van der Waals surface area (Å²) in [5.41, 5.74) is 1.08.